The lowest BCUT2D eigenvalue weighted by Gasteiger charge is -2.36. The number of rotatable bonds is 1. The summed E-state index contributed by atoms with van der Waals surface area (Å²) in [6.45, 7) is 2.48. The van der Waals surface area contributed by atoms with E-state index in [4.69, 9.17) is 0 Å². The minimum absolute atomic E-state index is 0.317. The molecule has 15 heavy (non-hydrogen) atoms. The minimum atomic E-state index is 0.317. The first-order chi connectivity index (χ1) is 7.42. The molecule has 0 radical (unpaired) electrons. The van der Waals surface area contributed by atoms with Crippen LogP contribution in [0.1, 0.15) is 51.4 Å². The molecule has 1 saturated heterocycles. The van der Waals surface area contributed by atoms with Crippen molar-refractivity contribution in [2.75, 3.05) is 13.1 Å². The largest absolute Gasteiger partial charge is 0.299 e. The predicted molar refractivity (Wildman–Crippen MR) is 61.4 cm³/mol. The van der Waals surface area contributed by atoms with Gasteiger partial charge in [0.15, 0.2) is 0 Å². The van der Waals surface area contributed by atoms with Crippen molar-refractivity contribution < 1.29 is 0 Å². The van der Waals surface area contributed by atoms with E-state index in [-0.39, 0.29) is 0 Å². The molecule has 2 fully saturated rings. The summed E-state index contributed by atoms with van der Waals surface area (Å²) >= 11 is 0. The van der Waals surface area contributed by atoms with Crippen molar-refractivity contribution in [1.29, 1.82) is 5.26 Å². The zero-order valence-corrected chi connectivity index (χ0v) is 9.62. The van der Waals surface area contributed by atoms with Crippen molar-refractivity contribution in [2.45, 2.75) is 57.4 Å². The molecule has 84 valence electrons. The molecule has 2 aliphatic rings. The van der Waals surface area contributed by atoms with Gasteiger partial charge >= 0.3 is 0 Å². The molecule has 1 aliphatic carbocycles. The van der Waals surface area contributed by atoms with E-state index in [0.717, 1.165) is 6.42 Å². The van der Waals surface area contributed by atoms with Crippen molar-refractivity contribution >= 4 is 0 Å². The molecule has 0 bridgehead atoms. The molecule has 0 aromatic rings. The van der Waals surface area contributed by atoms with Gasteiger partial charge in [0.05, 0.1) is 12.0 Å². The molecular weight excluding hydrogens is 184 g/mol. The van der Waals surface area contributed by atoms with Gasteiger partial charge < -0.3 is 0 Å². The minimum Gasteiger partial charge on any atom is -0.299 e. The Kier molecular flexibility index (Phi) is 4.02. The first kappa shape index (κ1) is 11.0. The van der Waals surface area contributed by atoms with Gasteiger partial charge in [-0.25, -0.2) is 0 Å². The normalized spacial score (nSPS) is 34.3. The molecule has 2 atom stereocenters. The van der Waals surface area contributed by atoms with E-state index in [1.807, 2.05) is 0 Å². The third-order valence-electron chi connectivity index (χ3n) is 4.00. The summed E-state index contributed by atoms with van der Waals surface area (Å²) < 4.78 is 0. The molecule has 2 unspecified atom stereocenters. The summed E-state index contributed by atoms with van der Waals surface area (Å²) in [6, 6.07) is 3.12. The quantitative estimate of drug-likeness (QED) is 0.659. The third-order valence-corrected chi connectivity index (χ3v) is 4.00. The smallest absolute Gasteiger partial charge is 0.0672 e. The summed E-state index contributed by atoms with van der Waals surface area (Å²) in [5.41, 5.74) is 0. The van der Waals surface area contributed by atoms with Crippen LogP contribution in [-0.4, -0.2) is 24.0 Å². The van der Waals surface area contributed by atoms with Crippen LogP contribution in [0.2, 0.25) is 0 Å². The average molecular weight is 206 g/mol. The lowest BCUT2D eigenvalue weighted by molar-refractivity contribution is 0.131. The lowest BCUT2D eigenvalue weighted by atomic mass is 9.84. The van der Waals surface area contributed by atoms with Gasteiger partial charge in [-0.1, -0.05) is 25.7 Å². The van der Waals surface area contributed by atoms with Crippen LogP contribution in [0.3, 0.4) is 0 Å². The van der Waals surface area contributed by atoms with Gasteiger partial charge in [0, 0.05) is 6.04 Å². The second-order valence-corrected chi connectivity index (χ2v) is 5.04. The van der Waals surface area contributed by atoms with Crippen molar-refractivity contribution in [1.82, 2.24) is 4.90 Å². The lowest BCUT2D eigenvalue weighted by Crippen LogP contribution is -2.42. The molecule has 2 nitrogen and oxygen atoms in total. The Labute approximate surface area is 93.3 Å². The molecule has 0 spiro atoms. The number of likely N-dealkylation sites (tertiary alicyclic amines) is 1. The topological polar surface area (TPSA) is 27.0 Å². The Balaban J connectivity index is 1.96. The maximum atomic E-state index is 9.19. The first-order valence-electron chi connectivity index (χ1n) is 6.55. The van der Waals surface area contributed by atoms with Crippen LogP contribution in [0.4, 0.5) is 0 Å². The highest BCUT2D eigenvalue weighted by Crippen LogP contribution is 2.29. The van der Waals surface area contributed by atoms with Gasteiger partial charge in [-0.15, -0.1) is 0 Å². The van der Waals surface area contributed by atoms with E-state index < -0.39 is 0 Å². The molecule has 2 heteroatoms. The summed E-state index contributed by atoms with van der Waals surface area (Å²) in [6.07, 6.45) is 10.5. The fraction of sp³-hybridized carbons (Fsp3) is 0.923. The maximum absolute atomic E-state index is 9.19. The van der Waals surface area contributed by atoms with Gasteiger partial charge in [-0.05, 0) is 38.8 Å². The van der Waals surface area contributed by atoms with Crippen LogP contribution < -0.4 is 0 Å². The zero-order valence-electron chi connectivity index (χ0n) is 9.62. The van der Waals surface area contributed by atoms with Gasteiger partial charge in [0.25, 0.3) is 0 Å². The SMILES string of the molecule is N#CC1CCCCC1N1CCCCCC1. The highest BCUT2D eigenvalue weighted by atomic mass is 15.2. The number of nitriles is 1. The van der Waals surface area contributed by atoms with Crippen molar-refractivity contribution in [2.24, 2.45) is 5.92 Å². The Bertz CT molecular complexity index is 223. The highest BCUT2D eigenvalue weighted by molar-refractivity contribution is 4.95. The molecule has 1 heterocycles. The highest BCUT2D eigenvalue weighted by Gasteiger charge is 2.29. The molecule has 1 aliphatic heterocycles. The van der Waals surface area contributed by atoms with E-state index in [0.29, 0.717) is 12.0 Å². The monoisotopic (exact) mass is 206 g/mol. The second-order valence-electron chi connectivity index (χ2n) is 5.04. The second kappa shape index (κ2) is 5.51. The van der Waals surface area contributed by atoms with Gasteiger partial charge in [-0.2, -0.15) is 5.26 Å². The summed E-state index contributed by atoms with van der Waals surface area (Å²) in [5.74, 6) is 0.317. The Morgan fingerprint density at radius 3 is 2.20 bits per heavy atom. The Morgan fingerprint density at radius 1 is 0.867 bits per heavy atom. The molecule has 2 rings (SSSR count). The number of hydrogen-bond acceptors (Lipinski definition) is 2. The summed E-state index contributed by atoms with van der Waals surface area (Å²) in [4.78, 5) is 2.61. The van der Waals surface area contributed by atoms with E-state index in [2.05, 4.69) is 11.0 Å². The molecule has 1 saturated carbocycles. The predicted octanol–water partition coefficient (Wildman–Crippen LogP) is 2.94. The van der Waals surface area contributed by atoms with Crippen LogP contribution in [0.15, 0.2) is 0 Å². The maximum Gasteiger partial charge on any atom is 0.0672 e. The molecule has 0 amide bonds. The fourth-order valence-corrected chi connectivity index (χ4v) is 3.13. The van der Waals surface area contributed by atoms with Crippen LogP contribution >= 0.6 is 0 Å². The zero-order chi connectivity index (χ0) is 10.5. The van der Waals surface area contributed by atoms with Crippen molar-refractivity contribution in [3.63, 3.8) is 0 Å². The van der Waals surface area contributed by atoms with E-state index in [9.17, 15) is 5.26 Å². The van der Waals surface area contributed by atoms with Crippen LogP contribution in [0.25, 0.3) is 0 Å². The summed E-state index contributed by atoms with van der Waals surface area (Å²) in [5, 5.41) is 9.19. The van der Waals surface area contributed by atoms with Crippen molar-refractivity contribution in [3.8, 4) is 6.07 Å². The van der Waals surface area contributed by atoms with Crippen LogP contribution in [0, 0.1) is 17.2 Å². The van der Waals surface area contributed by atoms with E-state index >= 15 is 0 Å². The van der Waals surface area contributed by atoms with Crippen molar-refractivity contribution in [3.05, 3.63) is 0 Å². The fourth-order valence-electron chi connectivity index (χ4n) is 3.13. The third kappa shape index (κ3) is 2.72. The summed E-state index contributed by atoms with van der Waals surface area (Å²) in [7, 11) is 0. The van der Waals surface area contributed by atoms with Gasteiger partial charge in [0.2, 0.25) is 0 Å². The van der Waals surface area contributed by atoms with Crippen LogP contribution in [-0.2, 0) is 0 Å². The Morgan fingerprint density at radius 2 is 1.53 bits per heavy atom. The standard InChI is InChI=1S/C13H22N2/c14-11-12-7-3-4-8-13(12)15-9-5-1-2-6-10-15/h12-13H,1-10H2. The number of nitrogens with zero attached hydrogens (tertiary/aromatic N) is 2. The average Bonchev–Trinajstić information content (AvgIpc) is 2.57. The molecule has 0 N–H and O–H groups in total. The number of hydrogen-bond donors (Lipinski definition) is 0. The first-order valence-corrected chi connectivity index (χ1v) is 6.55. The van der Waals surface area contributed by atoms with Gasteiger partial charge in [0.1, 0.15) is 0 Å². The molecule has 0 aromatic carbocycles. The Hall–Kier alpha value is -0.550. The molecule has 0 aromatic heterocycles. The van der Waals surface area contributed by atoms with E-state index in [1.54, 1.807) is 0 Å². The molecular formula is C13H22N2. The van der Waals surface area contributed by atoms with E-state index in [1.165, 1.54) is 58.0 Å². The van der Waals surface area contributed by atoms with Crippen LogP contribution in [0.5, 0.6) is 0 Å². The van der Waals surface area contributed by atoms with Gasteiger partial charge in [-0.3, -0.25) is 4.90 Å².